The first-order valence-corrected chi connectivity index (χ1v) is 9.73. The molecular weight excluding hydrogens is 443 g/mol. The van der Waals surface area contributed by atoms with Crippen molar-refractivity contribution in [3.05, 3.63) is 92.3 Å². The zero-order chi connectivity index (χ0) is 22.3. The molecule has 0 amide bonds. The van der Waals surface area contributed by atoms with Crippen LogP contribution in [0.4, 0.5) is 0 Å². The van der Waals surface area contributed by atoms with Gasteiger partial charge in [-0.05, 0) is 48.5 Å². The molecule has 1 aromatic heterocycles. The molecule has 0 aliphatic carbocycles. The minimum atomic E-state index is -1.09. The number of methoxy groups -OCH3 is 1. The number of ether oxygens (including phenoxy) is 1. The normalized spacial score (nSPS) is 10.9. The lowest BCUT2D eigenvalue weighted by atomic mass is 10.2. The van der Waals surface area contributed by atoms with Gasteiger partial charge in [-0.1, -0.05) is 29.3 Å². The maximum absolute atomic E-state index is 13.4. The lowest BCUT2D eigenvalue weighted by molar-refractivity contribution is 0.0696. The van der Waals surface area contributed by atoms with Gasteiger partial charge in [-0.25, -0.2) is 14.2 Å². The highest BCUT2D eigenvalue weighted by Crippen LogP contribution is 2.28. The third-order valence-electron chi connectivity index (χ3n) is 4.80. The number of benzene rings is 3. The predicted molar refractivity (Wildman–Crippen MR) is 117 cm³/mol. The van der Waals surface area contributed by atoms with Crippen LogP contribution in [0.3, 0.4) is 0 Å². The highest BCUT2D eigenvalue weighted by Gasteiger charge is 2.24. The van der Waals surface area contributed by atoms with E-state index in [1.54, 1.807) is 24.3 Å². The van der Waals surface area contributed by atoms with Crippen LogP contribution in [-0.2, 0) is 0 Å². The summed E-state index contributed by atoms with van der Waals surface area (Å²) in [5.41, 5.74) is 0.497. The molecule has 31 heavy (non-hydrogen) atoms. The second-order valence-electron chi connectivity index (χ2n) is 6.56. The smallest absolute Gasteiger partial charge is 0.340 e. The monoisotopic (exact) mass is 456 g/mol. The van der Waals surface area contributed by atoms with E-state index in [2.05, 4.69) is 0 Å². The minimum absolute atomic E-state index is 0.00373. The molecule has 4 rings (SSSR count). The molecule has 1 N–H and O–H groups in total. The first-order valence-electron chi connectivity index (χ1n) is 8.97. The fraction of sp³-hybridized carbons (Fsp3) is 0.0455. The second kappa shape index (κ2) is 7.94. The molecule has 0 aliphatic rings. The molecule has 0 aliphatic heterocycles. The average Bonchev–Trinajstić information content (AvgIpc) is 3.04. The van der Waals surface area contributed by atoms with E-state index in [1.165, 1.54) is 48.1 Å². The Morgan fingerprint density at radius 3 is 2.16 bits per heavy atom. The Hall–Kier alpha value is -3.55. The summed E-state index contributed by atoms with van der Waals surface area (Å²) in [5.74, 6) is -1.30. The Kier molecular flexibility index (Phi) is 5.31. The average molecular weight is 457 g/mol. The topological polar surface area (TPSA) is 90.5 Å². The number of carboxylic acids is 1. The highest BCUT2D eigenvalue weighted by atomic mass is 35.5. The Bertz CT molecular complexity index is 1380. The SMILES string of the molecule is COc1ccc2c(c1)n(-c1ccc(C(=O)O)cc1)c(=O)n2C(=O)c1c(Cl)cccc1Cl. The predicted octanol–water partition coefficient (Wildman–Crippen LogP) is 4.49. The van der Waals surface area contributed by atoms with Crippen LogP contribution in [0.25, 0.3) is 16.7 Å². The molecule has 0 saturated heterocycles. The van der Waals surface area contributed by atoms with Gasteiger partial charge in [-0.15, -0.1) is 0 Å². The molecule has 4 aromatic rings. The zero-order valence-corrected chi connectivity index (χ0v) is 17.5. The molecule has 0 unspecified atom stereocenters. The number of imidazole rings is 1. The fourth-order valence-corrected chi connectivity index (χ4v) is 3.88. The van der Waals surface area contributed by atoms with Gasteiger partial charge in [0.2, 0.25) is 0 Å². The fourth-order valence-electron chi connectivity index (χ4n) is 3.32. The molecule has 156 valence electrons. The Morgan fingerprint density at radius 1 is 0.935 bits per heavy atom. The van der Waals surface area contributed by atoms with Crippen molar-refractivity contribution in [3.63, 3.8) is 0 Å². The van der Waals surface area contributed by atoms with Crippen molar-refractivity contribution >= 4 is 46.1 Å². The van der Waals surface area contributed by atoms with Gasteiger partial charge in [0.15, 0.2) is 0 Å². The molecule has 7 nitrogen and oxygen atoms in total. The number of hydrogen-bond donors (Lipinski definition) is 1. The molecule has 0 radical (unpaired) electrons. The summed E-state index contributed by atoms with van der Waals surface area (Å²) >= 11 is 12.4. The zero-order valence-electron chi connectivity index (χ0n) is 16.0. The number of halogens is 2. The Balaban J connectivity index is 2.02. The van der Waals surface area contributed by atoms with Gasteiger partial charge in [-0.3, -0.25) is 9.36 Å². The number of aromatic nitrogens is 2. The van der Waals surface area contributed by atoms with E-state index in [4.69, 9.17) is 33.0 Å². The van der Waals surface area contributed by atoms with Gasteiger partial charge in [0.25, 0.3) is 5.91 Å². The van der Waals surface area contributed by atoms with Crippen molar-refractivity contribution in [3.8, 4) is 11.4 Å². The summed E-state index contributed by atoms with van der Waals surface area (Å²) in [6.07, 6.45) is 0. The number of carboxylic acid groups (broad SMARTS) is 1. The van der Waals surface area contributed by atoms with E-state index in [-0.39, 0.29) is 21.2 Å². The maximum atomic E-state index is 13.4. The lowest BCUT2D eigenvalue weighted by Crippen LogP contribution is -2.29. The van der Waals surface area contributed by atoms with Crippen LogP contribution >= 0.6 is 23.2 Å². The molecule has 1 heterocycles. The number of nitrogens with zero attached hydrogens (tertiary/aromatic N) is 2. The largest absolute Gasteiger partial charge is 0.497 e. The maximum Gasteiger partial charge on any atom is 0.340 e. The van der Waals surface area contributed by atoms with Crippen molar-refractivity contribution < 1.29 is 19.4 Å². The van der Waals surface area contributed by atoms with E-state index in [0.29, 0.717) is 22.5 Å². The molecule has 0 spiro atoms. The van der Waals surface area contributed by atoms with Gasteiger partial charge in [0.05, 0.1) is 45.0 Å². The second-order valence-corrected chi connectivity index (χ2v) is 7.38. The first-order chi connectivity index (χ1) is 14.8. The lowest BCUT2D eigenvalue weighted by Gasteiger charge is -2.07. The van der Waals surface area contributed by atoms with Crippen molar-refractivity contribution in [1.29, 1.82) is 0 Å². The quantitative estimate of drug-likeness (QED) is 0.488. The van der Waals surface area contributed by atoms with Gasteiger partial charge in [-0.2, -0.15) is 0 Å². The summed E-state index contributed by atoms with van der Waals surface area (Å²) < 4.78 is 7.54. The van der Waals surface area contributed by atoms with E-state index in [9.17, 15) is 14.4 Å². The van der Waals surface area contributed by atoms with Gasteiger partial charge in [0.1, 0.15) is 5.75 Å². The molecular formula is C22H14Cl2N2O5. The van der Waals surface area contributed by atoms with Gasteiger partial charge in [0, 0.05) is 6.07 Å². The Labute approximate surface area is 185 Å². The number of carbonyl (C=O) groups is 2. The minimum Gasteiger partial charge on any atom is -0.497 e. The third-order valence-corrected chi connectivity index (χ3v) is 5.43. The van der Waals surface area contributed by atoms with E-state index < -0.39 is 17.6 Å². The highest BCUT2D eigenvalue weighted by molar-refractivity contribution is 6.39. The molecule has 0 fully saturated rings. The van der Waals surface area contributed by atoms with E-state index >= 15 is 0 Å². The molecule has 0 saturated carbocycles. The first kappa shape index (κ1) is 20.7. The molecule has 3 aromatic carbocycles. The standard InChI is InChI=1S/C22H14Cl2N2O5/c1-31-14-9-10-17-18(11-14)25(13-7-5-12(6-8-13)21(28)29)22(30)26(17)20(27)19-15(23)3-2-4-16(19)24/h2-11H,1H3,(H,28,29). The van der Waals surface area contributed by atoms with E-state index in [1.807, 2.05) is 0 Å². The molecule has 0 atom stereocenters. The van der Waals surface area contributed by atoms with E-state index in [0.717, 1.165) is 4.57 Å². The van der Waals surface area contributed by atoms with Crippen molar-refractivity contribution in [2.75, 3.05) is 7.11 Å². The van der Waals surface area contributed by atoms with Crippen LogP contribution in [-0.4, -0.2) is 33.2 Å². The van der Waals surface area contributed by atoms with Crippen LogP contribution in [0, 0.1) is 0 Å². The number of carbonyl (C=O) groups excluding carboxylic acids is 1. The van der Waals surface area contributed by atoms with Crippen molar-refractivity contribution in [1.82, 2.24) is 9.13 Å². The number of rotatable bonds is 4. The van der Waals surface area contributed by atoms with Crippen molar-refractivity contribution in [2.45, 2.75) is 0 Å². The number of hydrogen-bond acceptors (Lipinski definition) is 4. The summed E-state index contributed by atoms with van der Waals surface area (Å²) in [6, 6.07) is 15.2. The third kappa shape index (κ3) is 3.48. The van der Waals surface area contributed by atoms with Gasteiger partial charge < -0.3 is 9.84 Å². The summed E-state index contributed by atoms with van der Waals surface area (Å²) in [4.78, 5) is 37.9. The van der Waals surface area contributed by atoms with Crippen LogP contribution in [0.2, 0.25) is 10.0 Å². The van der Waals surface area contributed by atoms with Crippen LogP contribution in [0.15, 0.2) is 65.5 Å². The van der Waals surface area contributed by atoms with Crippen LogP contribution in [0.5, 0.6) is 5.75 Å². The molecule has 0 bridgehead atoms. The number of aromatic carboxylic acids is 1. The van der Waals surface area contributed by atoms with Gasteiger partial charge >= 0.3 is 11.7 Å². The van der Waals surface area contributed by atoms with Crippen LogP contribution in [0.1, 0.15) is 20.7 Å². The van der Waals surface area contributed by atoms with Crippen LogP contribution < -0.4 is 10.4 Å². The van der Waals surface area contributed by atoms with Crippen molar-refractivity contribution in [2.24, 2.45) is 0 Å². The summed E-state index contributed by atoms with van der Waals surface area (Å²) in [6.45, 7) is 0. The molecule has 9 heteroatoms. The Morgan fingerprint density at radius 2 is 1.58 bits per heavy atom. The summed E-state index contributed by atoms with van der Waals surface area (Å²) in [7, 11) is 1.48. The summed E-state index contributed by atoms with van der Waals surface area (Å²) in [5, 5.41) is 9.37. The number of fused-ring (bicyclic) bond motifs is 1.